The van der Waals surface area contributed by atoms with Gasteiger partial charge in [-0.25, -0.2) is 4.79 Å². The van der Waals surface area contributed by atoms with E-state index in [0.717, 1.165) is 13.8 Å². The van der Waals surface area contributed by atoms with Gasteiger partial charge in [0.05, 0.1) is 6.10 Å². The van der Waals surface area contributed by atoms with Crippen LogP contribution >= 0.6 is 0 Å². The number of hydrogen-bond donors (Lipinski definition) is 3. The lowest BCUT2D eigenvalue weighted by molar-refractivity contribution is -0.152. The molecule has 0 aromatic rings. The average molecular weight is 161 g/mol. The zero-order valence-electron chi connectivity index (χ0n) is 6.37. The molecule has 64 valence electrons. The summed E-state index contributed by atoms with van der Waals surface area (Å²) in [6.45, 7) is 2.19. The molecule has 2 atom stereocenters. The molecule has 0 amide bonds. The highest BCUT2D eigenvalue weighted by atomic mass is 16.4. The first-order valence-corrected chi connectivity index (χ1v) is 3.04. The zero-order chi connectivity index (χ0) is 9.23. The minimum absolute atomic E-state index is 0.764. The van der Waals surface area contributed by atoms with E-state index in [-0.39, 0.29) is 0 Å². The average Bonchev–Trinajstić information content (AvgIpc) is 1.84. The maximum absolute atomic E-state index is 10.7. The van der Waals surface area contributed by atoms with E-state index in [2.05, 4.69) is 0 Å². The summed E-state index contributed by atoms with van der Waals surface area (Å²) in [6.07, 6.45) is -1.39. The Bertz CT molecular complexity index is 173. The fraction of sp³-hybridized carbons (Fsp3) is 0.667. The first-order valence-electron chi connectivity index (χ1n) is 3.04. The molecule has 0 heterocycles. The Kier molecular flexibility index (Phi) is 2.72. The van der Waals surface area contributed by atoms with Crippen molar-refractivity contribution in [2.24, 2.45) is 5.73 Å². The van der Waals surface area contributed by atoms with Gasteiger partial charge in [-0.1, -0.05) is 0 Å². The third-order valence-electron chi connectivity index (χ3n) is 1.60. The molecular weight excluding hydrogens is 150 g/mol. The van der Waals surface area contributed by atoms with Gasteiger partial charge in [-0.2, -0.15) is 0 Å². The van der Waals surface area contributed by atoms with Gasteiger partial charge in [0, 0.05) is 0 Å². The number of carboxylic acids is 1. The molecule has 11 heavy (non-hydrogen) atoms. The molecule has 5 nitrogen and oxygen atoms in total. The van der Waals surface area contributed by atoms with Gasteiger partial charge in [0.25, 0.3) is 0 Å². The second kappa shape index (κ2) is 2.98. The summed E-state index contributed by atoms with van der Waals surface area (Å²) in [5.41, 5.74) is 2.96. The minimum atomic E-state index is -2.17. The van der Waals surface area contributed by atoms with Crippen molar-refractivity contribution in [2.45, 2.75) is 25.5 Å². The number of hydrogen-bond acceptors (Lipinski definition) is 4. The molecule has 0 aliphatic rings. The number of ketones is 1. The third kappa shape index (κ3) is 1.55. The maximum atomic E-state index is 10.7. The fourth-order valence-corrected chi connectivity index (χ4v) is 0.623. The molecule has 0 aliphatic carbocycles. The van der Waals surface area contributed by atoms with Crippen molar-refractivity contribution in [3.05, 3.63) is 0 Å². The Balaban J connectivity index is 4.82. The van der Waals surface area contributed by atoms with Crippen LogP contribution in [0.15, 0.2) is 0 Å². The second-order valence-corrected chi connectivity index (χ2v) is 2.41. The number of carbonyl (C=O) groups excluding carboxylic acids is 1. The van der Waals surface area contributed by atoms with Crippen LogP contribution in [0.2, 0.25) is 0 Å². The van der Waals surface area contributed by atoms with Crippen LogP contribution in [0.1, 0.15) is 13.8 Å². The lowest BCUT2D eigenvalue weighted by atomic mass is 9.91. The summed E-state index contributed by atoms with van der Waals surface area (Å²) >= 11 is 0. The van der Waals surface area contributed by atoms with Gasteiger partial charge in [-0.3, -0.25) is 4.79 Å². The number of aliphatic carboxylic acids is 1. The summed E-state index contributed by atoms with van der Waals surface area (Å²) in [5, 5.41) is 17.4. The molecular formula is C6H11NO4. The van der Waals surface area contributed by atoms with Gasteiger partial charge in [-0.05, 0) is 13.8 Å². The van der Waals surface area contributed by atoms with E-state index in [1.54, 1.807) is 0 Å². The zero-order valence-corrected chi connectivity index (χ0v) is 6.37. The highest BCUT2D eigenvalue weighted by molar-refractivity contribution is 6.07. The summed E-state index contributed by atoms with van der Waals surface area (Å²) in [5.74, 6) is -2.28. The van der Waals surface area contributed by atoms with Crippen molar-refractivity contribution in [1.29, 1.82) is 0 Å². The van der Waals surface area contributed by atoms with Gasteiger partial charge in [0.1, 0.15) is 0 Å². The predicted molar refractivity (Wildman–Crippen MR) is 36.9 cm³/mol. The van der Waals surface area contributed by atoms with E-state index in [1.165, 1.54) is 0 Å². The Morgan fingerprint density at radius 2 is 1.91 bits per heavy atom. The Morgan fingerprint density at radius 1 is 1.55 bits per heavy atom. The molecule has 0 aromatic carbocycles. The smallest absolute Gasteiger partial charge is 0.334 e. The van der Waals surface area contributed by atoms with Crippen molar-refractivity contribution < 1.29 is 19.8 Å². The van der Waals surface area contributed by atoms with Gasteiger partial charge in [0.2, 0.25) is 0 Å². The van der Waals surface area contributed by atoms with Gasteiger partial charge in [-0.15, -0.1) is 0 Å². The fourth-order valence-electron chi connectivity index (χ4n) is 0.623. The molecule has 0 saturated heterocycles. The number of rotatable bonds is 3. The molecule has 0 aromatic heterocycles. The molecule has 0 rings (SSSR count). The van der Waals surface area contributed by atoms with E-state index in [9.17, 15) is 9.59 Å². The number of nitrogens with two attached hydrogens (primary N) is 1. The lowest BCUT2D eigenvalue weighted by Crippen LogP contribution is -2.61. The SMILES string of the molecule is CC(=O)C(N)(C(=O)O)C(C)O. The molecule has 0 aliphatic heterocycles. The molecule has 2 unspecified atom stereocenters. The standard InChI is InChI=1S/C6H11NO4/c1-3(8)6(7,4(2)9)5(10)11/h3,8H,7H2,1-2H3,(H,10,11). The normalized spacial score (nSPS) is 18.5. The van der Waals surface area contributed by atoms with Gasteiger partial charge >= 0.3 is 5.97 Å². The van der Waals surface area contributed by atoms with Gasteiger partial charge in [0.15, 0.2) is 11.3 Å². The largest absolute Gasteiger partial charge is 0.479 e. The highest BCUT2D eigenvalue weighted by Gasteiger charge is 2.44. The number of carboxylic acid groups (broad SMARTS) is 1. The predicted octanol–water partition coefficient (Wildman–Crippen LogP) is -1.26. The lowest BCUT2D eigenvalue weighted by Gasteiger charge is -2.23. The van der Waals surface area contributed by atoms with E-state index in [4.69, 9.17) is 15.9 Å². The van der Waals surface area contributed by atoms with Gasteiger partial charge < -0.3 is 15.9 Å². The van der Waals surface area contributed by atoms with E-state index in [0.29, 0.717) is 0 Å². The highest BCUT2D eigenvalue weighted by Crippen LogP contribution is 2.08. The summed E-state index contributed by atoms with van der Waals surface area (Å²) in [4.78, 5) is 21.1. The molecule has 0 saturated carbocycles. The number of aliphatic hydroxyl groups is 1. The van der Waals surface area contributed by atoms with Crippen LogP contribution in [-0.2, 0) is 9.59 Å². The van der Waals surface area contributed by atoms with Crippen LogP contribution < -0.4 is 5.73 Å². The van der Waals surface area contributed by atoms with E-state index >= 15 is 0 Å². The number of carbonyl (C=O) groups is 2. The Morgan fingerprint density at radius 3 is 1.91 bits per heavy atom. The minimum Gasteiger partial charge on any atom is -0.479 e. The van der Waals surface area contributed by atoms with Crippen molar-refractivity contribution in [3.8, 4) is 0 Å². The molecule has 0 radical (unpaired) electrons. The topological polar surface area (TPSA) is 101 Å². The van der Waals surface area contributed by atoms with Crippen LogP contribution in [0.5, 0.6) is 0 Å². The van der Waals surface area contributed by atoms with E-state index in [1.807, 2.05) is 0 Å². The first kappa shape index (κ1) is 10.1. The first-order chi connectivity index (χ1) is 4.83. The van der Waals surface area contributed by atoms with E-state index < -0.39 is 23.4 Å². The van der Waals surface area contributed by atoms with Crippen molar-refractivity contribution >= 4 is 11.8 Å². The summed E-state index contributed by atoms with van der Waals surface area (Å²) in [6, 6.07) is 0. The molecule has 5 heteroatoms. The second-order valence-electron chi connectivity index (χ2n) is 2.41. The van der Waals surface area contributed by atoms with Crippen LogP contribution in [-0.4, -0.2) is 33.6 Å². The molecule has 4 N–H and O–H groups in total. The Labute approximate surface area is 63.8 Å². The van der Waals surface area contributed by atoms with Crippen LogP contribution in [0.4, 0.5) is 0 Å². The number of aliphatic hydroxyl groups excluding tert-OH is 1. The summed E-state index contributed by atoms with van der Waals surface area (Å²) < 4.78 is 0. The Hall–Kier alpha value is -0.940. The monoisotopic (exact) mass is 161 g/mol. The van der Waals surface area contributed by atoms with Crippen LogP contribution in [0, 0.1) is 0 Å². The van der Waals surface area contributed by atoms with Crippen LogP contribution in [0.25, 0.3) is 0 Å². The number of Topliss-reactive ketones (excluding diaryl/α,β-unsaturated/α-hetero) is 1. The molecule has 0 fully saturated rings. The van der Waals surface area contributed by atoms with Crippen molar-refractivity contribution in [1.82, 2.24) is 0 Å². The summed E-state index contributed by atoms with van der Waals surface area (Å²) in [7, 11) is 0. The quantitative estimate of drug-likeness (QED) is 0.448. The van der Waals surface area contributed by atoms with Crippen molar-refractivity contribution in [2.75, 3.05) is 0 Å². The van der Waals surface area contributed by atoms with Crippen LogP contribution in [0.3, 0.4) is 0 Å². The van der Waals surface area contributed by atoms with Crippen molar-refractivity contribution in [3.63, 3.8) is 0 Å². The molecule has 0 bridgehead atoms. The maximum Gasteiger partial charge on any atom is 0.334 e. The third-order valence-corrected chi connectivity index (χ3v) is 1.60. The molecule has 0 spiro atoms.